The maximum absolute atomic E-state index is 13.9. The zero-order chi connectivity index (χ0) is 33.3. The summed E-state index contributed by atoms with van der Waals surface area (Å²) in [4.78, 5) is 33.2. The quantitative estimate of drug-likeness (QED) is 0.0566. The van der Waals surface area contributed by atoms with Crippen molar-refractivity contribution in [3.8, 4) is 17.2 Å². The molecule has 12 heteroatoms. The molecule has 0 fully saturated rings. The molecule has 2 amide bonds. The van der Waals surface area contributed by atoms with Crippen molar-refractivity contribution in [3.63, 3.8) is 0 Å². The number of aliphatic hydroxyl groups excluding tert-OH is 1. The van der Waals surface area contributed by atoms with Gasteiger partial charge in [-0.3, -0.25) is 14.9 Å². The molecule has 0 bridgehead atoms. The fraction of sp³-hybridized carbons (Fsp3) is 0.229. The Morgan fingerprint density at radius 1 is 0.894 bits per heavy atom. The average Bonchev–Trinajstić information content (AvgIpc) is 3.52. The molecule has 0 aliphatic rings. The summed E-state index contributed by atoms with van der Waals surface area (Å²) in [6.07, 6.45) is 2.26. The first kappa shape index (κ1) is 33.9. The fourth-order valence-corrected chi connectivity index (χ4v) is 5.16. The molecule has 244 valence electrons. The number of anilines is 1. The minimum absolute atomic E-state index is 0.0588. The van der Waals surface area contributed by atoms with Gasteiger partial charge in [-0.2, -0.15) is 0 Å². The van der Waals surface area contributed by atoms with Crippen molar-refractivity contribution in [2.24, 2.45) is 0 Å². The van der Waals surface area contributed by atoms with Crippen molar-refractivity contribution in [3.05, 3.63) is 114 Å². The summed E-state index contributed by atoms with van der Waals surface area (Å²) >= 11 is 11.9. The highest BCUT2D eigenvalue weighted by Crippen LogP contribution is 2.37. The average molecular weight is 678 g/mol. The predicted octanol–water partition coefficient (Wildman–Crippen LogP) is 6.88. The number of benzene rings is 3. The minimum atomic E-state index is -0.948. The predicted molar refractivity (Wildman–Crippen MR) is 182 cm³/mol. The second kappa shape index (κ2) is 15.9. The van der Waals surface area contributed by atoms with Crippen molar-refractivity contribution in [2.45, 2.75) is 25.0 Å². The number of fused-ring (bicyclic) bond motifs is 1. The van der Waals surface area contributed by atoms with Gasteiger partial charge < -0.3 is 23.9 Å². The number of halogens is 2. The molecule has 5 rings (SSSR count). The lowest BCUT2D eigenvalue weighted by atomic mass is 10.1. The maximum atomic E-state index is 13.9. The van der Waals surface area contributed by atoms with E-state index in [1.807, 2.05) is 13.0 Å². The van der Waals surface area contributed by atoms with E-state index >= 15 is 0 Å². The first-order valence-corrected chi connectivity index (χ1v) is 16.0. The number of imide groups is 1. The lowest BCUT2D eigenvalue weighted by molar-refractivity contribution is 0.0807. The Kier molecular flexibility index (Phi) is 11.5. The van der Waals surface area contributed by atoms with Gasteiger partial charge in [0.1, 0.15) is 18.2 Å². The molecule has 2 heterocycles. The molecule has 0 saturated carbocycles. The summed E-state index contributed by atoms with van der Waals surface area (Å²) in [6, 6.07) is 21.9. The van der Waals surface area contributed by atoms with Crippen LogP contribution in [0.1, 0.15) is 45.1 Å². The molecule has 0 aliphatic carbocycles. The Balaban J connectivity index is 1.52. The van der Waals surface area contributed by atoms with Crippen LogP contribution in [0.3, 0.4) is 0 Å². The van der Waals surface area contributed by atoms with Crippen LogP contribution >= 0.6 is 23.2 Å². The highest BCUT2D eigenvalue weighted by atomic mass is 35.5. The highest BCUT2D eigenvalue weighted by molar-refractivity contribution is 6.25. The number of nitrogens with one attached hydrogen (secondary N) is 1. The Morgan fingerprint density at radius 2 is 1.53 bits per heavy atom. The molecule has 47 heavy (non-hydrogen) atoms. The summed E-state index contributed by atoms with van der Waals surface area (Å²) < 4.78 is 19.5. The van der Waals surface area contributed by atoms with Gasteiger partial charge in [0.2, 0.25) is 0 Å². The van der Waals surface area contributed by atoms with Crippen LogP contribution in [0, 0.1) is 0 Å². The Bertz CT molecular complexity index is 1770. The van der Waals surface area contributed by atoms with Gasteiger partial charge >= 0.3 is 0 Å². The summed E-state index contributed by atoms with van der Waals surface area (Å²) in [5.41, 5.74) is 2.93. The van der Waals surface area contributed by atoms with Crippen molar-refractivity contribution >= 4 is 51.7 Å². The molecule has 5 aromatic rings. The van der Waals surface area contributed by atoms with E-state index in [0.29, 0.717) is 36.0 Å². The van der Waals surface area contributed by atoms with Gasteiger partial charge in [-0.1, -0.05) is 24.3 Å². The number of aliphatic hydroxyl groups is 1. The van der Waals surface area contributed by atoms with Crippen molar-refractivity contribution in [1.82, 2.24) is 14.9 Å². The van der Waals surface area contributed by atoms with Crippen LogP contribution in [0.25, 0.3) is 10.9 Å². The second-order valence-corrected chi connectivity index (χ2v) is 10.9. The molecule has 0 aliphatic heterocycles. The van der Waals surface area contributed by atoms with Crippen LogP contribution in [-0.2, 0) is 16.5 Å². The van der Waals surface area contributed by atoms with E-state index in [2.05, 4.69) is 10.3 Å². The standard InChI is InChI=1S/C35H34Cl2N4O6/c1-3-45-16-17-46-30-20-29-27(13-15-40(29)35(44)38-2)18-31(30)47-28-12-14-39-32(19-28)41(33(42)25-8-4-23(21-36)5-9-25)34(43)26-10-6-24(22-37)7-11-26/h4-15,18-20,35,38,44H,3,16-17,21-22H2,1-2H3. The van der Waals surface area contributed by atoms with Gasteiger partial charge in [-0.15, -0.1) is 23.2 Å². The van der Waals surface area contributed by atoms with E-state index in [1.54, 1.807) is 84.5 Å². The van der Waals surface area contributed by atoms with E-state index in [4.69, 9.17) is 37.4 Å². The molecule has 0 saturated heterocycles. The lowest BCUT2D eigenvalue weighted by Crippen LogP contribution is -2.37. The molecule has 0 radical (unpaired) electrons. The zero-order valence-electron chi connectivity index (χ0n) is 25.9. The number of aromatic nitrogens is 2. The number of carbonyl (C=O) groups is 2. The molecular weight excluding hydrogens is 643 g/mol. The van der Waals surface area contributed by atoms with Crippen LogP contribution in [0.4, 0.5) is 5.82 Å². The first-order valence-electron chi connectivity index (χ1n) is 14.9. The second-order valence-electron chi connectivity index (χ2n) is 10.3. The van der Waals surface area contributed by atoms with E-state index in [0.717, 1.165) is 21.4 Å². The largest absolute Gasteiger partial charge is 0.487 e. The molecule has 1 atom stereocenters. The van der Waals surface area contributed by atoms with E-state index < -0.39 is 18.2 Å². The maximum Gasteiger partial charge on any atom is 0.266 e. The number of hydrogen-bond donors (Lipinski definition) is 2. The molecule has 1 unspecified atom stereocenters. The van der Waals surface area contributed by atoms with E-state index in [1.165, 1.54) is 12.3 Å². The molecule has 2 aromatic heterocycles. The minimum Gasteiger partial charge on any atom is -0.487 e. The van der Waals surface area contributed by atoms with Gasteiger partial charge in [0, 0.05) is 59.4 Å². The van der Waals surface area contributed by atoms with Crippen molar-refractivity contribution < 1.29 is 28.9 Å². The number of hydrogen-bond acceptors (Lipinski definition) is 8. The first-order chi connectivity index (χ1) is 22.9. The normalized spacial score (nSPS) is 11.8. The number of nitrogens with zero attached hydrogens (tertiary/aromatic N) is 3. The van der Waals surface area contributed by atoms with Crippen LogP contribution in [0.15, 0.2) is 91.3 Å². The van der Waals surface area contributed by atoms with Crippen LogP contribution in [0.5, 0.6) is 17.2 Å². The van der Waals surface area contributed by atoms with Crippen LogP contribution in [0.2, 0.25) is 0 Å². The lowest BCUT2D eigenvalue weighted by Gasteiger charge is -2.21. The molecule has 2 N–H and O–H groups in total. The third-order valence-corrected chi connectivity index (χ3v) is 7.90. The zero-order valence-corrected chi connectivity index (χ0v) is 27.4. The smallest absolute Gasteiger partial charge is 0.266 e. The summed E-state index contributed by atoms with van der Waals surface area (Å²) in [5.74, 6) is 0.565. The number of amides is 2. The van der Waals surface area contributed by atoms with Crippen molar-refractivity contribution in [2.75, 3.05) is 31.8 Å². The summed E-state index contributed by atoms with van der Waals surface area (Å²) in [6.45, 7) is 3.07. The van der Waals surface area contributed by atoms with Crippen molar-refractivity contribution in [1.29, 1.82) is 0 Å². The highest BCUT2D eigenvalue weighted by Gasteiger charge is 2.28. The number of pyridine rings is 1. The van der Waals surface area contributed by atoms with Crippen LogP contribution < -0.4 is 19.7 Å². The monoisotopic (exact) mass is 676 g/mol. The molecule has 10 nitrogen and oxygen atoms in total. The topological polar surface area (TPSA) is 115 Å². The summed E-state index contributed by atoms with van der Waals surface area (Å²) in [5, 5.41) is 14.0. The van der Waals surface area contributed by atoms with Crippen LogP contribution in [-0.4, -0.2) is 53.3 Å². The van der Waals surface area contributed by atoms with E-state index in [9.17, 15) is 14.7 Å². The molecule has 0 spiro atoms. The fourth-order valence-electron chi connectivity index (χ4n) is 4.81. The number of ether oxygens (including phenoxy) is 3. The van der Waals surface area contributed by atoms with Gasteiger partial charge in [0.15, 0.2) is 17.9 Å². The van der Waals surface area contributed by atoms with Gasteiger partial charge in [-0.25, -0.2) is 9.88 Å². The number of carbonyl (C=O) groups excluding carboxylic acids is 2. The Morgan fingerprint density at radius 3 is 2.11 bits per heavy atom. The SMILES string of the molecule is CCOCCOc1cc2c(ccn2C(O)NC)cc1Oc1ccnc(N(C(=O)c2ccc(CCl)cc2)C(=O)c2ccc(CCl)cc2)c1. The number of rotatable bonds is 14. The third-order valence-electron chi connectivity index (χ3n) is 7.29. The Labute approximate surface area is 282 Å². The molecular formula is C35H34Cl2N4O6. The third kappa shape index (κ3) is 7.93. The van der Waals surface area contributed by atoms with Gasteiger partial charge in [-0.05, 0) is 67.6 Å². The van der Waals surface area contributed by atoms with Gasteiger partial charge in [0.25, 0.3) is 11.8 Å². The number of alkyl halides is 2. The van der Waals surface area contributed by atoms with E-state index in [-0.39, 0.29) is 35.3 Å². The molecule has 3 aromatic carbocycles. The summed E-state index contributed by atoms with van der Waals surface area (Å²) in [7, 11) is 1.65. The Hall–Kier alpha value is -4.45. The van der Waals surface area contributed by atoms with Gasteiger partial charge in [0.05, 0.1) is 12.1 Å².